The molecule has 0 bridgehead atoms. The summed E-state index contributed by atoms with van der Waals surface area (Å²) in [5.74, 6) is 0.0872. The van der Waals surface area contributed by atoms with Gasteiger partial charge in [-0.15, -0.1) is 0 Å². The topological polar surface area (TPSA) is 26.3 Å². The van der Waals surface area contributed by atoms with Crippen molar-refractivity contribution in [2.75, 3.05) is 6.61 Å². The maximum atomic E-state index is 11.8. The first kappa shape index (κ1) is 12.3. The molecule has 0 spiro atoms. The summed E-state index contributed by atoms with van der Waals surface area (Å²) in [6.45, 7) is 2.62. The molecule has 0 aromatic rings. The van der Waals surface area contributed by atoms with Gasteiger partial charge in [-0.05, 0) is 18.8 Å². The zero-order valence-corrected chi connectivity index (χ0v) is 7.84. The molecule has 0 saturated carbocycles. The van der Waals surface area contributed by atoms with Crippen LogP contribution in [-0.2, 0) is 9.53 Å². The van der Waals surface area contributed by atoms with Crippen molar-refractivity contribution in [2.45, 2.75) is 39.0 Å². The van der Waals surface area contributed by atoms with Crippen molar-refractivity contribution >= 4 is 6.47 Å². The number of carbonyl (C=O) groups excluding carboxylic acids is 1. The van der Waals surface area contributed by atoms with Crippen molar-refractivity contribution in [2.24, 2.45) is 5.92 Å². The molecule has 0 saturated heterocycles. The fraction of sp³-hybridized carbons (Fsp3) is 0.889. The van der Waals surface area contributed by atoms with E-state index in [1.807, 2.05) is 6.92 Å². The fourth-order valence-electron chi connectivity index (χ4n) is 1.26. The summed E-state index contributed by atoms with van der Waals surface area (Å²) in [6.07, 6.45) is -0.168. The molecule has 0 aromatic carbocycles. The quantitative estimate of drug-likeness (QED) is 0.555. The number of alkyl halides is 2. The number of ether oxygens (including phenoxy) is 1. The van der Waals surface area contributed by atoms with E-state index < -0.39 is 6.43 Å². The van der Waals surface area contributed by atoms with Crippen LogP contribution in [-0.4, -0.2) is 19.5 Å². The van der Waals surface area contributed by atoms with E-state index in [0.29, 0.717) is 12.9 Å². The second kappa shape index (κ2) is 7.95. The Bertz CT molecular complexity index is 129. The van der Waals surface area contributed by atoms with Crippen LogP contribution in [0.4, 0.5) is 8.78 Å². The predicted molar refractivity (Wildman–Crippen MR) is 45.7 cm³/mol. The Morgan fingerprint density at radius 1 is 1.31 bits per heavy atom. The molecule has 0 N–H and O–H groups in total. The van der Waals surface area contributed by atoms with Crippen molar-refractivity contribution in [1.82, 2.24) is 0 Å². The van der Waals surface area contributed by atoms with E-state index in [0.717, 1.165) is 12.8 Å². The Morgan fingerprint density at radius 3 is 2.46 bits per heavy atom. The summed E-state index contributed by atoms with van der Waals surface area (Å²) in [5, 5.41) is 0. The van der Waals surface area contributed by atoms with Gasteiger partial charge in [0, 0.05) is 6.42 Å². The SMILES string of the molecule is CCCC(CCC(F)F)COC=O. The second-order valence-electron chi connectivity index (χ2n) is 3.05. The van der Waals surface area contributed by atoms with Gasteiger partial charge in [0.1, 0.15) is 0 Å². The molecular weight excluding hydrogens is 178 g/mol. The third kappa shape index (κ3) is 7.68. The van der Waals surface area contributed by atoms with E-state index in [-0.39, 0.29) is 18.9 Å². The van der Waals surface area contributed by atoms with Gasteiger partial charge in [-0.2, -0.15) is 0 Å². The number of carbonyl (C=O) groups is 1. The van der Waals surface area contributed by atoms with Crippen molar-refractivity contribution < 1.29 is 18.3 Å². The zero-order chi connectivity index (χ0) is 10.1. The summed E-state index contributed by atoms with van der Waals surface area (Å²) in [4.78, 5) is 9.88. The summed E-state index contributed by atoms with van der Waals surface area (Å²) in [7, 11) is 0. The monoisotopic (exact) mass is 194 g/mol. The zero-order valence-electron chi connectivity index (χ0n) is 7.84. The number of hydrogen-bond acceptors (Lipinski definition) is 2. The largest absolute Gasteiger partial charge is 0.468 e. The number of hydrogen-bond donors (Lipinski definition) is 0. The van der Waals surface area contributed by atoms with Crippen molar-refractivity contribution in [1.29, 1.82) is 0 Å². The first-order valence-electron chi connectivity index (χ1n) is 4.54. The maximum Gasteiger partial charge on any atom is 0.293 e. The smallest absolute Gasteiger partial charge is 0.293 e. The number of rotatable bonds is 8. The third-order valence-electron chi connectivity index (χ3n) is 1.89. The molecule has 78 valence electrons. The van der Waals surface area contributed by atoms with Gasteiger partial charge in [-0.25, -0.2) is 8.78 Å². The average Bonchev–Trinajstić information content (AvgIpc) is 2.09. The van der Waals surface area contributed by atoms with Gasteiger partial charge in [0.05, 0.1) is 6.61 Å². The van der Waals surface area contributed by atoms with E-state index in [1.54, 1.807) is 0 Å². The van der Waals surface area contributed by atoms with Gasteiger partial charge in [0.25, 0.3) is 6.47 Å². The van der Waals surface area contributed by atoms with Crippen LogP contribution in [0.5, 0.6) is 0 Å². The van der Waals surface area contributed by atoms with Gasteiger partial charge in [-0.3, -0.25) is 4.79 Å². The highest BCUT2D eigenvalue weighted by molar-refractivity contribution is 5.36. The molecule has 0 rings (SSSR count). The Hall–Kier alpha value is -0.670. The lowest BCUT2D eigenvalue weighted by atomic mass is 9.99. The maximum absolute atomic E-state index is 11.8. The van der Waals surface area contributed by atoms with Crippen LogP contribution in [0.15, 0.2) is 0 Å². The lowest BCUT2D eigenvalue weighted by Crippen LogP contribution is -2.10. The molecule has 0 amide bonds. The molecule has 0 radical (unpaired) electrons. The molecule has 2 nitrogen and oxygen atoms in total. The van der Waals surface area contributed by atoms with Crippen LogP contribution >= 0.6 is 0 Å². The Labute approximate surface area is 77.3 Å². The number of halogens is 2. The van der Waals surface area contributed by atoms with Crippen LogP contribution in [0.1, 0.15) is 32.6 Å². The molecule has 0 aliphatic carbocycles. The normalized spacial score (nSPS) is 12.9. The van der Waals surface area contributed by atoms with Crippen molar-refractivity contribution in [3.8, 4) is 0 Å². The Kier molecular flexibility index (Phi) is 7.54. The third-order valence-corrected chi connectivity index (χ3v) is 1.89. The van der Waals surface area contributed by atoms with E-state index in [2.05, 4.69) is 4.74 Å². The summed E-state index contributed by atoms with van der Waals surface area (Å²) in [5.41, 5.74) is 0. The highest BCUT2D eigenvalue weighted by Gasteiger charge is 2.11. The standard InChI is InChI=1S/C9H16F2O2/c1-2-3-8(6-13-7-12)4-5-9(10)11/h7-9H,2-6H2,1H3. The molecule has 1 atom stereocenters. The van der Waals surface area contributed by atoms with E-state index >= 15 is 0 Å². The van der Waals surface area contributed by atoms with E-state index in [1.165, 1.54) is 0 Å². The Balaban J connectivity index is 3.59. The first-order valence-corrected chi connectivity index (χ1v) is 4.54. The highest BCUT2D eigenvalue weighted by Crippen LogP contribution is 2.16. The van der Waals surface area contributed by atoms with Crippen LogP contribution < -0.4 is 0 Å². The van der Waals surface area contributed by atoms with Crippen LogP contribution in [0.2, 0.25) is 0 Å². The molecule has 0 aliphatic rings. The second-order valence-corrected chi connectivity index (χ2v) is 3.05. The fourth-order valence-corrected chi connectivity index (χ4v) is 1.26. The van der Waals surface area contributed by atoms with Gasteiger partial charge in [0.2, 0.25) is 6.43 Å². The highest BCUT2D eigenvalue weighted by atomic mass is 19.3. The minimum absolute atomic E-state index is 0.0872. The Morgan fingerprint density at radius 2 is 2.00 bits per heavy atom. The molecular formula is C9H16F2O2. The minimum Gasteiger partial charge on any atom is -0.468 e. The van der Waals surface area contributed by atoms with Crippen molar-refractivity contribution in [3.05, 3.63) is 0 Å². The van der Waals surface area contributed by atoms with Crippen LogP contribution in [0, 0.1) is 5.92 Å². The molecule has 4 heteroatoms. The summed E-state index contributed by atoms with van der Waals surface area (Å²) >= 11 is 0. The molecule has 13 heavy (non-hydrogen) atoms. The molecule has 0 fully saturated rings. The van der Waals surface area contributed by atoms with Crippen molar-refractivity contribution in [3.63, 3.8) is 0 Å². The van der Waals surface area contributed by atoms with E-state index in [9.17, 15) is 13.6 Å². The van der Waals surface area contributed by atoms with Crippen LogP contribution in [0.25, 0.3) is 0 Å². The lowest BCUT2D eigenvalue weighted by molar-refractivity contribution is -0.130. The van der Waals surface area contributed by atoms with Gasteiger partial charge < -0.3 is 4.74 Å². The van der Waals surface area contributed by atoms with Crippen LogP contribution in [0.3, 0.4) is 0 Å². The molecule has 0 aliphatic heterocycles. The van der Waals surface area contributed by atoms with Gasteiger partial charge in [0.15, 0.2) is 0 Å². The lowest BCUT2D eigenvalue weighted by Gasteiger charge is -2.13. The molecule has 0 aromatic heterocycles. The average molecular weight is 194 g/mol. The molecule has 0 heterocycles. The summed E-state index contributed by atoms with van der Waals surface area (Å²) in [6, 6.07) is 0. The molecule has 1 unspecified atom stereocenters. The summed E-state index contributed by atoms with van der Waals surface area (Å²) < 4.78 is 28.2. The minimum atomic E-state index is -2.25. The van der Waals surface area contributed by atoms with E-state index in [4.69, 9.17) is 0 Å². The predicted octanol–water partition coefficient (Wildman–Crippen LogP) is 2.62. The first-order chi connectivity index (χ1) is 6.20. The van der Waals surface area contributed by atoms with Gasteiger partial charge in [-0.1, -0.05) is 13.3 Å². The van der Waals surface area contributed by atoms with Gasteiger partial charge >= 0.3 is 0 Å².